The van der Waals surface area contributed by atoms with Crippen molar-refractivity contribution >= 4 is 49.1 Å². The van der Waals surface area contributed by atoms with Gasteiger partial charge in [0.15, 0.2) is 5.78 Å². The minimum atomic E-state index is -4.03. The number of Topliss-reactive ketones (excluding diaryl/α,β-unsaturated/α-hetero) is 1. The van der Waals surface area contributed by atoms with Crippen LogP contribution in [0.15, 0.2) is 53.6 Å². The number of ketones is 1. The molecule has 0 atom stereocenters. The number of sulfonamides is 1. The molecule has 12 heteroatoms. The van der Waals surface area contributed by atoms with Crippen LogP contribution in [0.3, 0.4) is 0 Å². The highest BCUT2D eigenvalue weighted by atomic mass is 32.2. The van der Waals surface area contributed by atoms with Gasteiger partial charge in [0.05, 0.1) is 34.5 Å². The number of fused-ring (bicyclic) bond motifs is 2. The molecule has 1 fully saturated rings. The Morgan fingerprint density at radius 3 is 2.54 bits per heavy atom. The third kappa shape index (κ3) is 5.22. The van der Waals surface area contributed by atoms with E-state index in [0.29, 0.717) is 18.2 Å². The highest BCUT2D eigenvalue weighted by Crippen LogP contribution is 2.36. The molecule has 2 aromatic carbocycles. The summed E-state index contributed by atoms with van der Waals surface area (Å²) in [4.78, 5) is 45.5. The van der Waals surface area contributed by atoms with Gasteiger partial charge in [-0.05, 0) is 57.4 Å². The van der Waals surface area contributed by atoms with Gasteiger partial charge in [0, 0.05) is 28.2 Å². The van der Waals surface area contributed by atoms with Crippen molar-refractivity contribution in [3.63, 3.8) is 0 Å². The second-order valence-electron chi connectivity index (χ2n) is 9.96. The lowest BCUT2D eigenvalue weighted by molar-refractivity contribution is -0.111. The molecule has 0 spiro atoms. The molecule has 2 N–H and O–H groups in total. The number of nitrogens with one attached hydrogen (secondary N) is 2. The van der Waals surface area contributed by atoms with Crippen LogP contribution in [0.5, 0.6) is 0 Å². The molecule has 41 heavy (non-hydrogen) atoms. The van der Waals surface area contributed by atoms with Crippen LogP contribution >= 0.6 is 0 Å². The van der Waals surface area contributed by atoms with E-state index < -0.39 is 50.7 Å². The molecule has 9 nitrogen and oxygen atoms in total. The first kappa shape index (κ1) is 28.1. The van der Waals surface area contributed by atoms with E-state index >= 15 is 4.39 Å². The van der Waals surface area contributed by atoms with Crippen molar-refractivity contribution in [1.29, 1.82) is 0 Å². The number of aromatic amines is 1. The van der Waals surface area contributed by atoms with Crippen LogP contribution in [0, 0.1) is 18.6 Å². The average Bonchev–Trinajstić information content (AvgIpc) is 3.72. The molecule has 0 saturated heterocycles. The van der Waals surface area contributed by atoms with E-state index in [-0.39, 0.29) is 44.4 Å². The molecular formula is C29H26F2N4O5S. The lowest BCUT2D eigenvalue weighted by Crippen LogP contribution is -2.35. The monoisotopic (exact) mass is 580 g/mol. The number of hydrogen-bond acceptors (Lipinski definition) is 6. The second-order valence-corrected chi connectivity index (χ2v) is 11.9. The van der Waals surface area contributed by atoms with Gasteiger partial charge in [0.1, 0.15) is 17.3 Å². The molecule has 212 valence electrons. The third-order valence-electron chi connectivity index (χ3n) is 7.00. The molecule has 1 aliphatic rings. The largest absolute Gasteiger partial charge is 0.331 e. The smallest absolute Gasteiger partial charge is 0.282 e. The van der Waals surface area contributed by atoms with Crippen LogP contribution in [0.2, 0.25) is 0 Å². The van der Waals surface area contributed by atoms with Gasteiger partial charge in [-0.25, -0.2) is 26.9 Å². The van der Waals surface area contributed by atoms with Crippen molar-refractivity contribution in [1.82, 2.24) is 19.3 Å². The molecule has 4 aromatic rings. The molecule has 1 aliphatic carbocycles. The van der Waals surface area contributed by atoms with E-state index in [1.165, 1.54) is 36.6 Å². The van der Waals surface area contributed by atoms with Crippen molar-refractivity contribution < 1.29 is 26.8 Å². The molecule has 1 saturated carbocycles. The lowest BCUT2D eigenvalue weighted by atomic mass is 9.97. The summed E-state index contributed by atoms with van der Waals surface area (Å²) in [6, 6.07) is 4.96. The summed E-state index contributed by atoms with van der Waals surface area (Å²) >= 11 is 0. The number of halogens is 2. The summed E-state index contributed by atoms with van der Waals surface area (Å²) < 4.78 is 59.3. The standard InChI is InChI=1S/C29H26F2N4O5S/c1-4-5-6-19(16(3)36)26-21-9-15(2)22(30)12-25(21)35(27(26)29(38)34-41(39,40)18-7-8-18)13-17-10-20-24(11-23(17)31)32-14-33-28(20)37/h4-6,9-12,14,18H,7-8,13H2,1-3H3,(H,34,38)(H,32,33,37)/b5-4-,19-6+. The van der Waals surface area contributed by atoms with Crippen LogP contribution in [0.4, 0.5) is 8.78 Å². The summed E-state index contributed by atoms with van der Waals surface area (Å²) in [5.74, 6) is -2.85. The topological polar surface area (TPSA) is 131 Å². The quantitative estimate of drug-likeness (QED) is 0.236. The van der Waals surface area contributed by atoms with Crippen LogP contribution in [-0.2, 0) is 21.4 Å². The second kappa shape index (κ2) is 10.5. The fourth-order valence-electron chi connectivity index (χ4n) is 4.78. The van der Waals surface area contributed by atoms with E-state index in [1.807, 2.05) is 0 Å². The van der Waals surface area contributed by atoms with Crippen molar-refractivity contribution in [3.8, 4) is 0 Å². The first-order chi connectivity index (χ1) is 19.4. The fraction of sp³-hybridized carbons (Fsp3) is 0.241. The molecule has 0 radical (unpaired) electrons. The maximum Gasteiger partial charge on any atom is 0.282 e. The molecule has 1 amide bonds. The van der Waals surface area contributed by atoms with Crippen LogP contribution in [0.1, 0.15) is 53.9 Å². The minimum Gasteiger partial charge on any atom is -0.331 e. The highest BCUT2D eigenvalue weighted by molar-refractivity contribution is 7.91. The first-order valence-corrected chi connectivity index (χ1v) is 14.4. The normalized spacial score (nSPS) is 14.3. The number of allylic oxidation sites excluding steroid dienone is 4. The van der Waals surface area contributed by atoms with Crippen LogP contribution < -0.4 is 10.3 Å². The van der Waals surface area contributed by atoms with Gasteiger partial charge >= 0.3 is 0 Å². The van der Waals surface area contributed by atoms with E-state index in [4.69, 9.17) is 0 Å². The average molecular weight is 581 g/mol. The summed E-state index contributed by atoms with van der Waals surface area (Å²) in [5, 5.41) is -0.345. The zero-order chi connectivity index (χ0) is 29.6. The number of benzene rings is 2. The van der Waals surface area contributed by atoms with Gasteiger partial charge in [0.2, 0.25) is 10.0 Å². The van der Waals surface area contributed by atoms with E-state index in [0.717, 1.165) is 18.5 Å². The number of aryl methyl sites for hydroxylation is 1. The molecule has 0 bridgehead atoms. The van der Waals surface area contributed by atoms with Gasteiger partial charge in [-0.1, -0.05) is 18.2 Å². The van der Waals surface area contributed by atoms with Gasteiger partial charge in [-0.2, -0.15) is 0 Å². The Morgan fingerprint density at radius 2 is 1.88 bits per heavy atom. The van der Waals surface area contributed by atoms with Crippen molar-refractivity contribution in [3.05, 3.63) is 93.2 Å². The van der Waals surface area contributed by atoms with Crippen molar-refractivity contribution in [2.24, 2.45) is 0 Å². The number of amides is 1. The number of rotatable bonds is 8. The van der Waals surface area contributed by atoms with Gasteiger partial charge in [-0.15, -0.1) is 0 Å². The number of carbonyl (C=O) groups excluding carboxylic acids is 2. The molecule has 2 heterocycles. The van der Waals surface area contributed by atoms with Crippen molar-refractivity contribution in [2.75, 3.05) is 0 Å². The van der Waals surface area contributed by atoms with Gasteiger partial charge < -0.3 is 9.55 Å². The van der Waals surface area contributed by atoms with Gasteiger partial charge in [0.25, 0.3) is 11.5 Å². The molecular weight excluding hydrogens is 554 g/mol. The predicted octanol–water partition coefficient (Wildman–Crippen LogP) is 4.28. The third-order valence-corrected chi connectivity index (χ3v) is 8.82. The maximum atomic E-state index is 15.3. The molecule has 2 aromatic heterocycles. The summed E-state index contributed by atoms with van der Waals surface area (Å²) in [6.45, 7) is 4.14. The summed E-state index contributed by atoms with van der Waals surface area (Å²) in [7, 11) is -4.03. The molecule has 0 aliphatic heterocycles. The predicted molar refractivity (Wildman–Crippen MR) is 151 cm³/mol. The summed E-state index contributed by atoms with van der Waals surface area (Å²) in [5.41, 5.74) is -0.208. The van der Waals surface area contributed by atoms with E-state index in [9.17, 15) is 27.2 Å². The van der Waals surface area contributed by atoms with Crippen LogP contribution in [-0.4, -0.2) is 39.9 Å². The van der Waals surface area contributed by atoms with E-state index in [1.54, 1.807) is 19.1 Å². The Morgan fingerprint density at radius 1 is 1.15 bits per heavy atom. The fourth-order valence-corrected chi connectivity index (χ4v) is 6.06. The number of hydrogen-bond donors (Lipinski definition) is 2. The zero-order valence-corrected chi connectivity index (χ0v) is 23.2. The van der Waals surface area contributed by atoms with Crippen LogP contribution in [0.25, 0.3) is 27.4 Å². The van der Waals surface area contributed by atoms with Crippen molar-refractivity contribution in [2.45, 2.75) is 45.4 Å². The zero-order valence-electron chi connectivity index (χ0n) is 22.4. The first-order valence-electron chi connectivity index (χ1n) is 12.8. The number of nitrogens with zero attached hydrogens (tertiary/aromatic N) is 2. The number of H-pyrrole nitrogens is 1. The minimum absolute atomic E-state index is 0.0404. The molecule has 5 rings (SSSR count). The SMILES string of the molecule is C/C=C\C=C(/C(C)=O)c1c(C(=O)NS(=O)(=O)C2CC2)n(Cc2cc3c(=O)[nH]cnc3cc2F)c2cc(F)c(C)cc12. The summed E-state index contributed by atoms with van der Waals surface area (Å²) in [6.07, 6.45) is 6.67. The number of aromatic nitrogens is 3. The Bertz CT molecular complexity index is 1990. The Balaban J connectivity index is 1.84. The van der Waals surface area contributed by atoms with E-state index in [2.05, 4.69) is 14.7 Å². The number of carbonyl (C=O) groups is 2. The Kier molecular flexibility index (Phi) is 7.20. The molecule has 0 unspecified atom stereocenters. The van der Waals surface area contributed by atoms with Gasteiger partial charge in [-0.3, -0.25) is 14.4 Å². The lowest BCUT2D eigenvalue weighted by Gasteiger charge is -2.14. The highest BCUT2D eigenvalue weighted by Gasteiger charge is 2.38. The maximum absolute atomic E-state index is 15.3. The Labute approximate surface area is 233 Å². The Hall–Kier alpha value is -4.45.